The lowest BCUT2D eigenvalue weighted by atomic mass is 9.87. The molecule has 2 unspecified atom stereocenters. The molecule has 2 rings (SSSR count). The number of halogens is 1. The standard InChI is InChI=1S/C14H22ClN3O2/c1-2-20-9-14-17-12(15)7-13(18-14)16-8-10-4-3-5-11(19)6-10/h7,10-11,19H,2-6,8-9H2,1H3,(H,16,17,18). The SMILES string of the molecule is CCOCc1nc(Cl)cc(NCC2CCCC(O)C2)n1. The summed E-state index contributed by atoms with van der Waals surface area (Å²) in [6.45, 7) is 3.73. The fraction of sp³-hybridized carbons (Fsp3) is 0.714. The summed E-state index contributed by atoms with van der Waals surface area (Å²) < 4.78 is 5.29. The van der Waals surface area contributed by atoms with Crippen molar-refractivity contribution in [3.63, 3.8) is 0 Å². The molecule has 0 saturated heterocycles. The van der Waals surface area contributed by atoms with Gasteiger partial charge in [0, 0.05) is 19.2 Å². The minimum Gasteiger partial charge on any atom is -0.393 e. The van der Waals surface area contributed by atoms with E-state index in [1.54, 1.807) is 6.07 Å². The van der Waals surface area contributed by atoms with Crippen LogP contribution in [0.3, 0.4) is 0 Å². The number of aliphatic hydroxyl groups is 1. The van der Waals surface area contributed by atoms with Crippen LogP contribution in [0.1, 0.15) is 38.4 Å². The van der Waals surface area contributed by atoms with Crippen molar-refractivity contribution in [1.82, 2.24) is 9.97 Å². The summed E-state index contributed by atoms with van der Waals surface area (Å²) in [6, 6.07) is 1.72. The lowest BCUT2D eigenvalue weighted by Crippen LogP contribution is -2.25. The Morgan fingerprint density at radius 1 is 1.45 bits per heavy atom. The van der Waals surface area contributed by atoms with Crippen LogP contribution >= 0.6 is 11.6 Å². The molecule has 5 nitrogen and oxygen atoms in total. The van der Waals surface area contributed by atoms with Gasteiger partial charge in [0.2, 0.25) is 0 Å². The van der Waals surface area contributed by atoms with E-state index >= 15 is 0 Å². The predicted molar refractivity (Wildman–Crippen MR) is 78.8 cm³/mol. The van der Waals surface area contributed by atoms with Gasteiger partial charge in [-0.25, -0.2) is 9.97 Å². The quantitative estimate of drug-likeness (QED) is 0.790. The zero-order chi connectivity index (χ0) is 14.4. The molecule has 1 heterocycles. The second-order valence-electron chi connectivity index (χ2n) is 5.20. The van der Waals surface area contributed by atoms with Crippen LogP contribution in [0.25, 0.3) is 0 Å². The maximum absolute atomic E-state index is 9.67. The second kappa shape index (κ2) is 7.76. The molecule has 6 heteroatoms. The third-order valence-electron chi connectivity index (χ3n) is 3.50. The van der Waals surface area contributed by atoms with Gasteiger partial charge in [0.1, 0.15) is 17.6 Å². The van der Waals surface area contributed by atoms with E-state index in [2.05, 4.69) is 15.3 Å². The van der Waals surface area contributed by atoms with Crippen LogP contribution in [0.2, 0.25) is 5.15 Å². The molecule has 1 aromatic rings. The molecule has 20 heavy (non-hydrogen) atoms. The largest absolute Gasteiger partial charge is 0.393 e. The van der Waals surface area contributed by atoms with E-state index in [0.29, 0.717) is 30.1 Å². The zero-order valence-corrected chi connectivity index (χ0v) is 12.6. The van der Waals surface area contributed by atoms with Gasteiger partial charge in [0.25, 0.3) is 0 Å². The normalized spacial score (nSPS) is 22.8. The van der Waals surface area contributed by atoms with E-state index in [1.807, 2.05) is 6.92 Å². The number of hydrogen-bond acceptors (Lipinski definition) is 5. The maximum Gasteiger partial charge on any atom is 0.158 e. The van der Waals surface area contributed by atoms with Gasteiger partial charge in [-0.3, -0.25) is 0 Å². The Labute approximate surface area is 124 Å². The van der Waals surface area contributed by atoms with E-state index in [4.69, 9.17) is 16.3 Å². The van der Waals surface area contributed by atoms with Crippen LogP contribution in [0, 0.1) is 5.92 Å². The average Bonchev–Trinajstić information content (AvgIpc) is 2.42. The molecule has 1 aromatic heterocycles. The molecule has 0 spiro atoms. The highest BCUT2D eigenvalue weighted by Crippen LogP contribution is 2.24. The molecule has 1 saturated carbocycles. The van der Waals surface area contributed by atoms with Crippen LogP contribution in [-0.2, 0) is 11.3 Å². The molecule has 1 fully saturated rings. The van der Waals surface area contributed by atoms with Crippen molar-refractivity contribution < 1.29 is 9.84 Å². The van der Waals surface area contributed by atoms with Crippen molar-refractivity contribution >= 4 is 17.4 Å². The van der Waals surface area contributed by atoms with Gasteiger partial charge in [-0.2, -0.15) is 0 Å². The van der Waals surface area contributed by atoms with Crippen molar-refractivity contribution in [3.8, 4) is 0 Å². The number of nitrogens with zero attached hydrogens (tertiary/aromatic N) is 2. The Bertz CT molecular complexity index is 431. The molecule has 0 aliphatic heterocycles. The highest BCUT2D eigenvalue weighted by atomic mass is 35.5. The van der Waals surface area contributed by atoms with Crippen LogP contribution < -0.4 is 5.32 Å². The summed E-state index contributed by atoms with van der Waals surface area (Å²) in [4.78, 5) is 8.51. The topological polar surface area (TPSA) is 67.3 Å². The number of anilines is 1. The fourth-order valence-corrected chi connectivity index (χ4v) is 2.71. The first-order valence-electron chi connectivity index (χ1n) is 7.20. The van der Waals surface area contributed by atoms with Crippen molar-refractivity contribution in [3.05, 3.63) is 17.0 Å². The highest BCUT2D eigenvalue weighted by Gasteiger charge is 2.20. The molecular weight excluding hydrogens is 278 g/mol. The average molecular weight is 300 g/mol. The van der Waals surface area contributed by atoms with Gasteiger partial charge in [0.05, 0.1) is 6.10 Å². The third kappa shape index (κ3) is 4.89. The summed E-state index contributed by atoms with van der Waals surface area (Å²) in [5.74, 6) is 1.80. The van der Waals surface area contributed by atoms with Crippen molar-refractivity contribution in [2.24, 2.45) is 5.92 Å². The van der Waals surface area contributed by atoms with Crippen molar-refractivity contribution in [2.45, 2.75) is 45.3 Å². The van der Waals surface area contributed by atoms with Crippen LogP contribution in [-0.4, -0.2) is 34.3 Å². The zero-order valence-electron chi connectivity index (χ0n) is 11.8. The molecule has 112 valence electrons. The molecular formula is C14H22ClN3O2. The van der Waals surface area contributed by atoms with Gasteiger partial charge in [-0.05, 0) is 32.1 Å². The number of aromatic nitrogens is 2. The number of ether oxygens (including phenoxy) is 1. The van der Waals surface area contributed by atoms with E-state index in [9.17, 15) is 5.11 Å². The smallest absolute Gasteiger partial charge is 0.158 e. The lowest BCUT2D eigenvalue weighted by molar-refractivity contribution is 0.104. The van der Waals surface area contributed by atoms with Crippen LogP contribution in [0.4, 0.5) is 5.82 Å². The van der Waals surface area contributed by atoms with Gasteiger partial charge >= 0.3 is 0 Å². The minimum atomic E-state index is -0.155. The van der Waals surface area contributed by atoms with E-state index in [-0.39, 0.29) is 6.10 Å². The lowest BCUT2D eigenvalue weighted by Gasteiger charge is -2.26. The molecule has 1 aliphatic carbocycles. The van der Waals surface area contributed by atoms with E-state index < -0.39 is 0 Å². The summed E-state index contributed by atoms with van der Waals surface area (Å²) in [5, 5.41) is 13.4. The van der Waals surface area contributed by atoms with Gasteiger partial charge in [-0.15, -0.1) is 0 Å². The van der Waals surface area contributed by atoms with Crippen LogP contribution in [0.5, 0.6) is 0 Å². The predicted octanol–water partition coefficient (Wildman–Crippen LogP) is 2.63. The molecule has 2 N–H and O–H groups in total. The Morgan fingerprint density at radius 2 is 2.30 bits per heavy atom. The Balaban J connectivity index is 1.89. The maximum atomic E-state index is 9.67. The first kappa shape index (κ1) is 15.5. The van der Waals surface area contributed by atoms with E-state index in [1.165, 1.54) is 0 Å². The molecule has 1 aliphatic rings. The number of hydrogen-bond donors (Lipinski definition) is 2. The number of nitrogens with one attached hydrogen (secondary N) is 1. The number of rotatable bonds is 6. The first-order chi connectivity index (χ1) is 9.67. The Kier molecular flexibility index (Phi) is 6.01. The monoisotopic (exact) mass is 299 g/mol. The van der Waals surface area contributed by atoms with E-state index in [0.717, 1.165) is 38.0 Å². The Morgan fingerprint density at radius 3 is 3.05 bits per heavy atom. The van der Waals surface area contributed by atoms with Gasteiger partial charge in [-0.1, -0.05) is 18.0 Å². The van der Waals surface area contributed by atoms with Crippen LogP contribution in [0.15, 0.2) is 6.07 Å². The summed E-state index contributed by atoms with van der Waals surface area (Å²) >= 11 is 5.99. The molecule has 2 atom stereocenters. The molecule has 0 radical (unpaired) electrons. The number of aliphatic hydroxyl groups excluding tert-OH is 1. The summed E-state index contributed by atoms with van der Waals surface area (Å²) in [7, 11) is 0. The third-order valence-corrected chi connectivity index (χ3v) is 3.70. The minimum absolute atomic E-state index is 0.155. The van der Waals surface area contributed by atoms with Crippen molar-refractivity contribution in [1.29, 1.82) is 0 Å². The molecule has 0 aromatic carbocycles. The first-order valence-corrected chi connectivity index (χ1v) is 7.58. The Hall–Kier alpha value is -0.910. The molecule has 0 bridgehead atoms. The second-order valence-corrected chi connectivity index (χ2v) is 5.58. The molecule has 0 amide bonds. The summed E-state index contributed by atoms with van der Waals surface area (Å²) in [5.41, 5.74) is 0. The fourth-order valence-electron chi connectivity index (χ4n) is 2.51. The highest BCUT2D eigenvalue weighted by molar-refractivity contribution is 6.29. The van der Waals surface area contributed by atoms with Gasteiger partial charge < -0.3 is 15.2 Å². The van der Waals surface area contributed by atoms with Gasteiger partial charge in [0.15, 0.2) is 5.82 Å². The summed E-state index contributed by atoms with van der Waals surface area (Å²) in [6.07, 6.45) is 3.87. The van der Waals surface area contributed by atoms with Crippen molar-refractivity contribution in [2.75, 3.05) is 18.5 Å².